The molecule has 7 nitrogen and oxygen atoms in total. The van der Waals surface area contributed by atoms with Crippen molar-refractivity contribution in [2.75, 3.05) is 66.5 Å². The van der Waals surface area contributed by atoms with Crippen molar-refractivity contribution in [1.82, 2.24) is 20.0 Å². The van der Waals surface area contributed by atoms with E-state index in [-0.39, 0.29) is 36.4 Å². The number of carbonyl (C=O) groups is 1. The van der Waals surface area contributed by atoms with Gasteiger partial charge in [0.2, 0.25) is 5.91 Å². The Morgan fingerprint density at radius 1 is 1.17 bits per heavy atom. The van der Waals surface area contributed by atoms with Crippen LogP contribution in [0.15, 0.2) is 35.3 Å². The second-order valence-electron chi connectivity index (χ2n) is 7.20. The highest BCUT2D eigenvalue weighted by molar-refractivity contribution is 14.0. The first-order valence-electron chi connectivity index (χ1n) is 10.2. The Labute approximate surface area is 192 Å². The molecule has 1 heterocycles. The number of hydrogen-bond acceptors (Lipinski definition) is 4. The van der Waals surface area contributed by atoms with Crippen LogP contribution in [0.3, 0.4) is 0 Å². The fraction of sp³-hybridized carbons (Fsp3) is 0.619. The fourth-order valence-corrected chi connectivity index (χ4v) is 2.92. The lowest BCUT2D eigenvalue weighted by Crippen LogP contribution is -2.53. The van der Waals surface area contributed by atoms with Crippen LogP contribution < -0.4 is 10.1 Å². The maximum absolute atomic E-state index is 11.9. The van der Waals surface area contributed by atoms with Gasteiger partial charge in [0.05, 0.1) is 0 Å². The van der Waals surface area contributed by atoms with Gasteiger partial charge in [0.1, 0.15) is 18.9 Å². The van der Waals surface area contributed by atoms with Gasteiger partial charge in [-0.1, -0.05) is 31.5 Å². The molecule has 8 heteroatoms. The topological polar surface area (TPSA) is 60.4 Å². The number of hydrogen-bond donors (Lipinski definition) is 1. The summed E-state index contributed by atoms with van der Waals surface area (Å²) in [5.74, 6) is 1.79. The van der Waals surface area contributed by atoms with Gasteiger partial charge in [-0.25, -0.2) is 4.99 Å². The van der Waals surface area contributed by atoms with Crippen molar-refractivity contribution >= 4 is 35.8 Å². The van der Waals surface area contributed by atoms with Gasteiger partial charge in [0, 0.05) is 53.4 Å². The third-order valence-electron chi connectivity index (χ3n) is 4.77. The molecule has 29 heavy (non-hydrogen) atoms. The number of unbranched alkanes of at least 4 members (excludes halogenated alkanes) is 1. The van der Waals surface area contributed by atoms with Crippen LogP contribution in [-0.4, -0.2) is 93.1 Å². The Morgan fingerprint density at radius 3 is 2.48 bits per heavy atom. The van der Waals surface area contributed by atoms with Gasteiger partial charge in [-0.3, -0.25) is 9.69 Å². The van der Waals surface area contributed by atoms with Gasteiger partial charge in [-0.15, -0.1) is 24.0 Å². The first-order valence-corrected chi connectivity index (χ1v) is 10.2. The molecule has 0 radical (unpaired) electrons. The quantitative estimate of drug-likeness (QED) is 0.236. The highest BCUT2D eigenvalue weighted by Gasteiger charge is 2.20. The monoisotopic (exact) mass is 517 g/mol. The van der Waals surface area contributed by atoms with Crippen LogP contribution in [0.5, 0.6) is 5.75 Å². The van der Waals surface area contributed by atoms with Crippen LogP contribution in [0.25, 0.3) is 0 Å². The van der Waals surface area contributed by atoms with Gasteiger partial charge >= 0.3 is 0 Å². The minimum atomic E-state index is 0. The molecule has 0 bridgehead atoms. The van der Waals surface area contributed by atoms with E-state index in [1.54, 1.807) is 19.0 Å². The van der Waals surface area contributed by atoms with Gasteiger partial charge in [0.15, 0.2) is 5.96 Å². The molecule has 0 saturated carbocycles. The zero-order chi connectivity index (χ0) is 20.2. The lowest BCUT2D eigenvalue weighted by atomic mass is 10.3. The molecule has 1 aromatic rings. The van der Waals surface area contributed by atoms with Gasteiger partial charge in [0.25, 0.3) is 0 Å². The molecule has 1 aliphatic rings. The zero-order valence-electron chi connectivity index (χ0n) is 18.0. The van der Waals surface area contributed by atoms with Crippen molar-refractivity contribution < 1.29 is 9.53 Å². The standard InChI is InChI=1S/C21H35N5O2.HI/c1-4-5-11-22-21(23-18-20(27)24(2)3)26-14-12-25(13-15-26)16-17-28-19-9-7-6-8-10-19;/h6-10H,4-5,11-18H2,1-3H3,(H,22,23);1H. The number of nitrogens with one attached hydrogen (secondary N) is 1. The molecular weight excluding hydrogens is 481 g/mol. The number of halogens is 1. The van der Waals surface area contributed by atoms with E-state index in [1.807, 2.05) is 30.3 Å². The summed E-state index contributed by atoms with van der Waals surface area (Å²) in [4.78, 5) is 22.7. The maximum atomic E-state index is 11.9. The first kappa shape index (κ1) is 25.5. The van der Waals surface area contributed by atoms with E-state index >= 15 is 0 Å². The lowest BCUT2D eigenvalue weighted by Gasteiger charge is -2.36. The molecular formula is C21H36IN5O2. The number of ether oxygens (including phenoxy) is 1. The molecule has 1 N–H and O–H groups in total. The number of benzene rings is 1. The molecule has 0 aliphatic carbocycles. The predicted molar refractivity (Wildman–Crippen MR) is 129 cm³/mol. The highest BCUT2D eigenvalue weighted by atomic mass is 127. The van der Waals surface area contributed by atoms with Crippen molar-refractivity contribution in [1.29, 1.82) is 0 Å². The Balaban J connectivity index is 0.00000420. The average Bonchev–Trinajstić information content (AvgIpc) is 2.71. The minimum absolute atomic E-state index is 0. The number of guanidine groups is 1. The Bertz CT molecular complexity index is 604. The molecule has 1 aliphatic heterocycles. The number of amides is 1. The van der Waals surface area contributed by atoms with Crippen LogP contribution in [-0.2, 0) is 4.79 Å². The summed E-state index contributed by atoms with van der Waals surface area (Å²) < 4.78 is 5.80. The lowest BCUT2D eigenvalue weighted by molar-refractivity contribution is -0.127. The second-order valence-corrected chi connectivity index (χ2v) is 7.20. The third-order valence-corrected chi connectivity index (χ3v) is 4.77. The summed E-state index contributed by atoms with van der Waals surface area (Å²) in [6.45, 7) is 8.59. The number of carbonyl (C=O) groups excluding carboxylic acids is 1. The number of nitrogens with zero attached hydrogens (tertiary/aromatic N) is 4. The molecule has 1 fully saturated rings. The molecule has 2 rings (SSSR count). The fourth-order valence-electron chi connectivity index (χ4n) is 2.92. The van der Waals surface area contributed by atoms with Crippen LogP contribution in [0.2, 0.25) is 0 Å². The maximum Gasteiger partial charge on any atom is 0.243 e. The van der Waals surface area contributed by atoms with Crippen molar-refractivity contribution in [3.05, 3.63) is 30.3 Å². The summed E-state index contributed by atoms with van der Waals surface area (Å²) in [5, 5.41) is 3.43. The Morgan fingerprint density at radius 2 is 1.86 bits per heavy atom. The van der Waals surface area contributed by atoms with Crippen LogP contribution >= 0.6 is 24.0 Å². The van der Waals surface area contributed by atoms with E-state index < -0.39 is 0 Å². The number of para-hydroxylation sites is 1. The molecule has 1 amide bonds. The zero-order valence-corrected chi connectivity index (χ0v) is 20.3. The van der Waals surface area contributed by atoms with Crippen molar-refractivity contribution in [2.24, 2.45) is 4.99 Å². The molecule has 1 saturated heterocycles. The van der Waals surface area contributed by atoms with Gasteiger partial charge < -0.3 is 19.9 Å². The normalized spacial score (nSPS) is 14.9. The molecule has 0 unspecified atom stereocenters. The molecule has 1 aromatic carbocycles. The van der Waals surface area contributed by atoms with Gasteiger partial charge in [-0.05, 0) is 18.6 Å². The predicted octanol–water partition coefficient (Wildman–Crippen LogP) is 2.13. The summed E-state index contributed by atoms with van der Waals surface area (Å²) >= 11 is 0. The van der Waals surface area contributed by atoms with Crippen molar-refractivity contribution in [3.8, 4) is 5.75 Å². The molecule has 0 spiro atoms. The van der Waals surface area contributed by atoms with Crippen LogP contribution in [0.1, 0.15) is 19.8 Å². The molecule has 0 aromatic heterocycles. The summed E-state index contributed by atoms with van der Waals surface area (Å²) in [6, 6.07) is 9.93. The number of likely N-dealkylation sites (N-methyl/N-ethyl adjacent to an activating group) is 1. The highest BCUT2D eigenvalue weighted by Crippen LogP contribution is 2.09. The number of aliphatic imine (C=N–C) groups is 1. The van der Waals surface area contributed by atoms with E-state index in [0.29, 0.717) is 6.61 Å². The number of piperazine rings is 1. The van der Waals surface area contributed by atoms with Crippen LogP contribution in [0, 0.1) is 0 Å². The largest absolute Gasteiger partial charge is 0.492 e. The molecule has 0 atom stereocenters. The Kier molecular flexibility index (Phi) is 12.7. The summed E-state index contributed by atoms with van der Waals surface area (Å²) in [6.07, 6.45) is 2.23. The average molecular weight is 517 g/mol. The van der Waals surface area contributed by atoms with E-state index in [9.17, 15) is 4.79 Å². The third kappa shape index (κ3) is 9.66. The van der Waals surface area contributed by atoms with E-state index in [1.165, 1.54) is 0 Å². The van der Waals surface area contributed by atoms with Crippen molar-refractivity contribution in [2.45, 2.75) is 19.8 Å². The van der Waals surface area contributed by atoms with E-state index in [2.05, 4.69) is 27.0 Å². The SMILES string of the molecule is CCCCNC(=NCC(=O)N(C)C)N1CCN(CCOc2ccccc2)CC1.I. The van der Waals surface area contributed by atoms with Crippen molar-refractivity contribution in [3.63, 3.8) is 0 Å². The first-order chi connectivity index (χ1) is 13.6. The van der Waals surface area contributed by atoms with Crippen LogP contribution in [0.4, 0.5) is 0 Å². The smallest absolute Gasteiger partial charge is 0.243 e. The summed E-state index contributed by atoms with van der Waals surface area (Å²) in [7, 11) is 3.52. The molecule has 164 valence electrons. The van der Waals surface area contributed by atoms with Gasteiger partial charge in [-0.2, -0.15) is 0 Å². The second kappa shape index (κ2) is 14.4. The van der Waals surface area contributed by atoms with E-state index in [0.717, 1.165) is 63.8 Å². The van der Waals surface area contributed by atoms with E-state index in [4.69, 9.17) is 4.74 Å². The Hall–Kier alpha value is -1.55. The number of rotatable bonds is 9. The summed E-state index contributed by atoms with van der Waals surface area (Å²) in [5.41, 5.74) is 0. The minimum Gasteiger partial charge on any atom is -0.492 e.